The van der Waals surface area contributed by atoms with Gasteiger partial charge in [0.25, 0.3) is 0 Å². The lowest BCUT2D eigenvalue weighted by atomic mass is 9.98. The fourth-order valence-corrected chi connectivity index (χ4v) is 2.17. The molecule has 20 heavy (non-hydrogen) atoms. The van der Waals surface area contributed by atoms with Crippen molar-refractivity contribution < 1.29 is 6.85 Å². The number of rotatable bonds is 3. The Kier molecular flexibility index (Phi) is 2.28. The van der Waals surface area contributed by atoms with E-state index in [1.807, 2.05) is 60.7 Å². The maximum atomic E-state index is 8.24. The van der Waals surface area contributed by atoms with Gasteiger partial charge < -0.3 is 0 Å². The van der Waals surface area contributed by atoms with Crippen LogP contribution in [0.1, 0.15) is 19.3 Å². The average molecular weight is 264 g/mol. The van der Waals surface area contributed by atoms with E-state index in [1.165, 1.54) is 0 Å². The molecule has 3 rings (SSSR count). The number of nitrogens with zero attached hydrogens (tertiary/aromatic N) is 1. The minimum Gasteiger partial charge on any atom is -0.256 e. The van der Waals surface area contributed by atoms with Crippen LogP contribution in [-0.2, 0) is 6.37 Å². The minimum absolute atomic E-state index is 0.118. The van der Waals surface area contributed by atoms with E-state index in [4.69, 9.17) is 6.85 Å². The zero-order valence-corrected chi connectivity index (χ0v) is 10.9. The molecule has 0 fully saturated rings. The van der Waals surface area contributed by atoms with Crippen LogP contribution in [-0.4, -0.2) is 4.98 Å². The lowest BCUT2D eigenvalue weighted by Gasteiger charge is -2.10. The summed E-state index contributed by atoms with van der Waals surface area (Å²) in [6, 6.07) is 20.0. The van der Waals surface area contributed by atoms with Crippen LogP contribution in [0.2, 0.25) is 0 Å². The summed E-state index contributed by atoms with van der Waals surface area (Å²) >= 11 is 0. The number of pyridine rings is 1. The third-order valence-corrected chi connectivity index (χ3v) is 3.19. The Bertz CT molecular complexity index is 858. The lowest BCUT2D eigenvalue weighted by Crippen LogP contribution is -1.92. The quantitative estimate of drug-likeness (QED) is 0.650. The number of hydrogen-bond acceptors (Lipinski definition) is 1. The SMILES string of the molecule is [2H]C([2H])([2H])C([2H])([2H])c1cc(-c2ccccc2)ncc1-c1ccccc1. The van der Waals surface area contributed by atoms with Crippen molar-refractivity contribution in [1.82, 2.24) is 4.98 Å². The lowest BCUT2D eigenvalue weighted by molar-refractivity contribution is 1.12. The molecular formula is C19H17N. The van der Waals surface area contributed by atoms with Crippen molar-refractivity contribution in [3.05, 3.63) is 78.5 Å². The molecule has 0 aliphatic carbocycles. The van der Waals surface area contributed by atoms with Crippen molar-refractivity contribution in [2.24, 2.45) is 0 Å². The molecule has 0 saturated heterocycles. The van der Waals surface area contributed by atoms with E-state index < -0.39 is 13.2 Å². The molecule has 1 heterocycles. The van der Waals surface area contributed by atoms with Crippen LogP contribution in [0.25, 0.3) is 22.4 Å². The zero-order chi connectivity index (χ0) is 18.1. The highest BCUT2D eigenvalue weighted by molar-refractivity contribution is 5.70. The van der Waals surface area contributed by atoms with Gasteiger partial charge in [-0.05, 0) is 23.6 Å². The highest BCUT2D eigenvalue weighted by Crippen LogP contribution is 2.27. The van der Waals surface area contributed by atoms with E-state index in [-0.39, 0.29) is 5.56 Å². The van der Waals surface area contributed by atoms with Gasteiger partial charge in [0.15, 0.2) is 0 Å². The summed E-state index contributed by atoms with van der Waals surface area (Å²) in [4.78, 5) is 4.43. The van der Waals surface area contributed by atoms with Crippen molar-refractivity contribution >= 4 is 0 Å². The van der Waals surface area contributed by atoms with Gasteiger partial charge in [0.2, 0.25) is 0 Å². The van der Waals surface area contributed by atoms with E-state index in [9.17, 15) is 0 Å². The van der Waals surface area contributed by atoms with E-state index in [1.54, 1.807) is 12.3 Å². The Labute approximate surface area is 127 Å². The summed E-state index contributed by atoms with van der Waals surface area (Å²) < 4.78 is 39.4. The van der Waals surface area contributed by atoms with Gasteiger partial charge in [0.1, 0.15) is 0 Å². The molecule has 0 atom stereocenters. The molecule has 1 heteroatoms. The molecule has 0 unspecified atom stereocenters. The first-order valence-electron chi connectivity index (χ1n) is 8.92. The fourth-order valence-electron chi connectivity index (χ4n) is 2.17. The summed E-state index contributed by atoms with van der Waals surface area (Å²) in [5.74, 6) is 0. The van der Waals surface area contributed by atoms with Gasteiger partial charge in [-0.1, -0.05) is 67.5 Å². The maximum Gasteiger partial charge on any atom is 0.0705 e. The third kappa shape index (κ3) is 2.48. The van der Waals surface area contributed by atoms with Crippen LogP contribution in [0.5, 0.6) is 0 Å². The van der Waals surface area contributed by atoms with E-state index in [0.29, 0.717) is 11.3 Å². The Morgan fingerprint density at radius 2 is 1.60 bits per heavy atom. The molecule has 0 radical (unpaired) electrons. The van der Waals surface area contributed by atoms with Crippen molar-refractivity contribution in [3.8, 4) is 22.4 Å². The standard InChI is InChI=1S/C19H17N/c1-2-15-13-19(17-11-7-4-8-12-17)20-14-18(15)16-9-5-3-6-10-16/h3-14H,2H2,1H3/i1D3,2D2. The van der Waals surface area contributed by atoms with Crippen LogP contribution in [0, 0.1) is 0 Å². The summed E-state index contributed by atoms with van der Waals surface area (Å²) in [5.41, 5.74) is 2.69. The normalized spacial score (nSPS) is 15.5. The molecular weight excluding hydrogens is 242 g/mol. The molecule has 0 amide bonds. The second kappa shape index (κ2) is 5.70. The molecule has 1 aromatic heterocycles. The van der Waals surface area contributed by atoms with Crippen LogP contribution < -0.4 is 0 Å². The summed E-state index contributed by atoms with van der Waals surface area (Å²) in [7, 11) is 0. The zero-order valence-electron chi connectivity index (χ0n) is 15.9. The smallest absolute Gasteiger partial charge is 0.0705 e. The van der Waals surface area contributed by atoms with Gasteiger partial charge in [0.05, 0.1) is 5.69 Å². The Balaban J connectivity index is 2.24. The van der Waals surface area contributed by atoms with Gasteiger partial charge in [-0.2, -0.15) is 0 Å². The molecule has 1 nitrogen and oxygen atoms in total. The fraction of sp³-hybridized carbons (Fsp3) is 0.105. The highest BCUT2D eigenvalue weighted by Gasteiger charge is 2.07. The largest absolute Gasteiger partial charge is 0.256 e. The molecule has 0 bridgehead atoms. The average Bonchev–Trinajstić information content (AvgIpc) is 2.62. The van der Waals surface area contributed by atoms with Crippen molar-refractivity contribution in [1.29, 1.82) is 0 Å². The summed E-state index contributed by atoms with van der Waals surface area (Å²) in [5, 5.41) is 0. The molecule has 0 N–H and O–H groups in total. The monoisotopic (exact) mass is 264 g/mol. The number of aromatic nitrogens is 1. The van der Waals surface area contributed by atoms with Crippen molar-refractivity contribution in [2.45, 2.75) is 13.2 Å². The van der Waals surface area contributed by atoms with Crippen LogP contribution in [0.3, 0.4) is 0 Å². The predicted molar refractivity (Wildman–Crippen MR) is 84.5 cm³/mol. The molecule has 98 valence electrons. The van der Waals surface area contributed by atoms with E-state index in [2.05, 4.69) is 4.98 Å². The van der Waals surface area contributed by atoms with Gasteiger partial charge in [-0.3, -0.25) is 4.98 Å². The Hall–Kier alpha value is -2.41. The van der Waals surface area contributed by atoms with Crippen LogP contribution in [0.4, 0.5) is 0 Å². The van der Waals surface area contributed by atoms with Crippen molar-refractivity contribution in [2.75, 3.05) is 0 Å². The summed E-state index contributed by atoms with van der Waals surface area (Å²) in [6.45, 7) is -2.79. The van der Waals surface area contributed by atoms with Crippen LogP contribution >= 0.6 is 0 Å². The van der Waals surface area contributed by atoms with Gasteiger partial charge >= 0.3 is 0 Å². The summed E-state index contributed by atoms with van der Waals surface area (Å²) in [6.07, 6.45) is -0.943. The van der Waals surface area contributed by atoms with E-state index >= 15 is 0 Å². The first-order valence-corrected chi connectivity index (χ1v) is 6.42. The first kappa shape index (κ1) is 8.01. The molecule has 0 aliphatic rings. The van der Waals surface area contributed by atoms with E-state index in [0.717, 1.165) is 11.1 Å². The van der Waals surface area contributed by atoms with Crippen molar-refractivity contribution in [3.63, 3.8) is 0 Å². The predicted octanol–water partition coefficient (Wildman–Crippen LogP) is 4.98. The van der Waals surface area contributed by atoms with Gasteiger partial charge in [-0.15, -0.1) is 0 Å². The molecule has 3 aromatic rings. The second-order valence-corrected chi connectivity index (χ2v) is 4.47. The topological polar surface area (TPSA) is 12.9 Å². The molecule has 0 saturated carbocycles. The number of benzene rings is 2. The van der Waals surface area contributed by atoms with Gasteiger partial charge in [-0.25, -0.2) is 0 Å². The second-order valence-electron chi connectivity index (χ2n) is 4.47. The number of aryl methyl sites for hydroxylation is 1. The number of hydrogen-bond donors (Lipinski definition) is 0. The minimum atomic E-state index is -2.79. The maximum absolute atomic E-state index is 8.24. The Morgan fingerprint density at radius 3 is 2.25 bits per heavy atom. The molecule has 2 aromatic carbocycles. The molecule has 0 aliphatic heterocycles. The van der Waals surface area contributed by atoms with Gasteiger partial charge in [0, 0.05) is 24.2 Å². The molecule has 0 spiro atoms. The third-order valence-electron chi connectivity index (χ3n) is 3.19. The first-order chi connectivity index (χ1) is 11.8. The Morgan fingerprint density at radius 1 is 0.950 bits per heavy atom. The highest BCUT2D eigenvalue weighted by atomic mass is 14.7. The van der Waals surface area contributed by atoms with Crippen LogP contribution in [0.15, 0.2) is 72.9 Å².